The molecule has 2 atom stereocenters. The maximum absolute atomic E-state index is 12.0. The summed E-state index contributed by atoms with van der Waals surface area (Å²) >= 11 is 0. The van der Waals surface area contributed by atoms with Crippen LogP contribution in [0.3, 0.4) is 0 Å². The van der Waals surface area contributed by atoms with Crippen molar-refractivity contribution in [3.05, 3.63) is 0 Å². The minimum atomic E-state index is -0.244. The van der Waals surface area contributed by atoms with E-state index in [2.05, 4.69) is 5.43 Å². The van der Waals surface area contributed by atoms with E-state index in [-0.39, 0.29) is 23.8 Å². The van der Waals surface area contributed by atoms with Gasteiger partial charge in [0.25, 0.3) is 0 Å². The molecule has 6 heteroatoms. The molecule has 0 aromatic rings. The topological polar surface area (TPSA) is 78.7 Å². The lowest BCUT2D eigenvalue weighted by Crippen LogP contribution is -2.47. The zero-order valence-electron chi connectivity index (χ0n) is 11.5. The molecule has 0 aromatic heterocycles. The highest BCUT2D eigenvalue weighted by Gasteiger charge is 2.26. The van der Waals surface area contributed by atoms with Crippen molar-refractivity contribution in [3.63, 3.8) is 0 Å². The van der Waals surface area contributed by atoms with Gasteiger partial charge in [0.1, 0.15) is 0 Å². The van der Waals surface area contributed by atoms with E-state index in [0.717, 1.165) is 25.9 Å². The Balaban J connectivity index is 2.45. The number of likely N-dealkylation sites (tertiary alicyclic amines) is 1. The number of nitrogens with two attached hydrogens (primary N) is 1. The first-order valence-electron chi connectivity index (χ1n) is 6.45. The molecule has 1 fully saturated rings. The van der Waals surface area contributed by atoms with Gasteiger partial charge in [0.15, 0.2) is 0 Å². The standard InChI is InChI=1S/C12H24N4O2/c1-9(12(18)14-13)10(2)15(3)8-11(17)16-6-4-5-7-16/h9-10H,4-8,13H2,1-3H3,(H,14,18). The van der Waals surface area contributed by atoms with E-state index >= 15 is 0 Å². The highest BCUT2D eigenvalue weighted by molar-refractivity contribution is 5.79. The van der Waals surface area contributed by atoms with Crippen LogP contribution < -0.4 is 11.3 Å². The van der Waals surface area contributed by atoms with Crippen molar-refractivity contribution in [1.29, 1.82) is 0 Å². The lowest BCUT2D eigenvalue weighted by Gasteiger charge is -2.29. The van der Waals surface area contributed by atoms with Gasteiger partial charge in [-0.1, -0.05) is 6.92 Å². The van der Waals surface area contributed by atoms with Gasteiger partial charge in [-0.3, -0.25) is 19.9 Å². The molecule has 2 unspecified atom stereocenters. The molecule has 0 aliphatic carbocycles. The SMILES string of the molecule is CC(C(=O)NN)C(C)N(C)CC(=O)N1CCCC1. The van der Waals surface area contributed by atoms with Crippen LogP contribution in [0.2, 0.25) is 0 Å². The van der Waals surface area contributed by atoms with Gasteiger partial charge in [0, 0.05) is 19.1 Å². The third-order valence-electron chi connectivity index (χ3n) is 3.82. The van der Waals surface area contributed by atoms with E-state index in [1.807, 2.05) is 30.7 Å². The first-order valence-corrected chi connectivity index (χ1v) is 6.45. The summed E-state index contributed by atoms with van der Waals surface area (Å²) in [5, 5.41) is 0. The van der Waals surface area contributed by atoms with Crippen molar-refractivity contribution < 1.29 is 9.59 Å². The quantitative estimate of drug-likeness (QED) is 0.397. The van der Waals surface area contributed by atoms with Crippen molar-refractivity contribution in [1.82, 2.24) is 15.2 Å². The second kappa shape index (κ2) is 6.70. The zero-order valence-corrected chi connectivity index (χ0v) is 11.5. The molecule has 0 bridgehead atoms. The number of hydrogen-bond acceptors (Lipinski definition) is 4. The monoisotopic (exact) mass is 256 g/mol. The van der Waals surface area contributed by atoms with Crippen LogP contribution in [-0.4, -0.2) is 54.3 Å². The third-order valence-corrected chi connectivity index (χ3v) is 3.82. The second-order valence-corrected chi connectivity index (χ2v) is 5.04. The number of carbonyl (C=O) groups is 2. The molecule has 0 radical (unpaired) electrons. The largest absolute Gasteiger partial charge is 0.342 e. The number of carbonyl (C=O) groups excluding carboxylic acids is 2. The van der Waals surface area contributed by atoms with Crippen LogP contribution in [0, 0.1) is 5.92 Å². The summed E-state index contributed by atoms with van der Waals surface area (Å²) < 4.78 is 0. The number of nitrogens with zero attached hydrogens (tertiary/aromatic N) is 2. The van der Waals surface area contributed by atoms with Crippen molar-refractivity contribution in [2.75, 3.05) is 26.7 Å². The predicted octanol–water partition coefficient (Wildman–Crippen LogP) is -0.445. The van der Waals surface area contributed by atoms with E-state index in [1.54, 1.807) is 0 Å². The van der Waals surface area contributed by atoms with E-state index < -0.39 is 0 Å². The van der Waals surface area contributed by atoms with Gasteiger partial charge in [0.05, 0.1) is 12.5 Å². The van der Waals surface area contributed by atoms with Gasteiger partial charge in [-0.25, -0.2) is 5.84 Å². The molecule has 1 aliphatic rings. The van der Waals surface area contributed by atoms with E-state index in [9.17, 15) is 9.59 Å². The number of amides is 2. The molecule has 0 spiro atoms. The van der Waals surface area contributed by atoms with Gasteiger partial charge in [-0.05, 0) is 26.8 Å². The molecule has 104 valence electrons. The maximum Gasteiger partial charge on any atom is 0.238 e. The maximum atomic E-state index is 12.0. The fourth-order valence-corrected chi connectivity index (χ4v) is 2.16. The summed E-state index contributed by atoms with van der Waals surface area (Å²) in [7, 11) is 1.86. The normalized spacial score (nSPS) is 18.8. The minimum Gasteiger partial charge on any atom is -0.342 e. The lowest BCUT2D eigenvalue weighted by molar-refractivity contribution is -0.133. The summed E-state index contributed by atoms with van der Waals surface area (Å²) in [5.74, 6) is 4.81. The molecule has 1 aliphatic heterocycles. The van der Waals surface area contributed by atoms with Crippen LogP contribution in [0.5, 0.6) is 0 Å². The van der Waals surface area contributed by atoms with Gasteiger partial charge >= 0.3 is 0 Å². The van der Waals surface area contributed by atoms with Crippen LogP contribution in [0.25, 0.3) is 0 Å². The van der Waals surface area contributed by atoms with Gasteiger partial charge in [-0.15, -0.1) is 0 Å². The first kappa shape index (κ1) is 14.9. The molecule has 6 nitrogen and oxygen atoms in total. The van der Waals surface area contributed by atoms with Crippen molar-refractivity contribution in [2.24, 2.45) is 11.8 Å². The second-order valence-electron chi connectivity index (χ2n) is 5.04. The molecular weight excluding hydrogens is 232 g/mol. The van der Waals surface area contributed by atoms with Crippen LogP contribution in [0.1, 0.15) is 26.7 Å². The summed E-state index contributed by atoms with van der Waals surface area (Å²) in [6.45, 7) is 5.81. The molecule has 0 saturated carbocycles. The van der Waals surface area contributed by atoms with E-state index in [4.69, 9.17) is 5.84 Å². The number of hydrogen-bond donors (Lipinski definition) is 2. The molecular formula is C12H24N4O2. The molecule has 18 heavy (non-hydrogen) atoms. The molecule has 2 amide bonds. The van der Waals surface area contributed by atoms with Crippen molar-refractivity contribution in [2.45, 2.75) is 32.7 Å². The predicted molar refractivity (Wildman–Crippen MR) is 69.4 cm³/mol. The fraction of sp³-hybridized carbons (Fsp3) is 0.833. The smallest absolute Gasteiger partial charge is 0.238 e. The number of hydrazine groups is 1. The highest BCUT2D eigenvalue weighted by atomic mass is 16.2. The van der Waals surface area contributed by atoms with Gasteiger partial charge in [-0.2, -0.15) is 0 Å². The Kier molecular flexibility index (Phi) is 5.55. The Morgan fingerprint density at radius 1 is 1.33 bits per heavy atom. The average molecular weight is 256 g/mol. The molecule has 3 N–H and O–H groups in total. The third kappa shape index (κ3) is 3.68. The van der Waals surface area contributed by atoms with Gasteiger partial charge < -0.3 is 4.90 Å². The summed E-state index contributed by atoms with van der Waals surface area (Å²) in [4.78, 5) is 27.2. The Hall–Kier alpha value is -1.14. The number of nitrogens with one attached hydrogen (secondary N) is 1. The Labute approximate surface area is 108 Å². The van der Waals surface area contributed by atoms with E-state index in [1.165, 1.54) is 0 Å². The molecule has 1 heterocycles. The molecule has 0 aromatic carbocycles. The highest BCUT2D eigenvalue weighted by Crippen LogP contribution is 2.12. The van der Waals surface area contributed by atoms with Gasteiger partial charge in [0.2, 0.25) is 11.8 Å². The summed E-state index contributed by atoms with van der Waals surface area (Å²) in [5.41, 5.74) is 2.15. The fourth-order valence-electron chi connectivity index (χ4n) is 2.16. The first-order chi connectivity index (χ1) is 8.47. The minimum absolute atomic E-state index is 0.0277. The Bertz CT molecular complexity index is 302. The van der Waals surface area contributed by atoms with E-state index in [0.29, 0.717) is 6.54 Å². The van der Waals surface area contributed by atoms with Crippen LogP contribution in [0.4, 0.5) is 0 Å². The van der Waals surface area contributed by atoms with Crippen molar-refractivity contribution in [3.8, 4) is 0 Å². The van der Waals surface area contributed by atoms with Crippen LogP contribution in [-0.2, 0) is 9.59 Å². The van der Waals surface area contributed by atoms with Crippen LogP contribution >= 0.6 is 0 Å². The molecule has 1 rings (SSSR count). The summed E-state index contributed by atoms with van der Waals surface area (Å²) in [6, 6.07) is -0.0277. The Morgan fingerprint density at radius 2 is 1.89 bits per heavy atom. The number of likely N-dealkylation sites (N-methyl/N-ethyl adjacent to an activating group) is 1. The average Bonchev–Trinajstić information content (AvgIpc) is 2.89. The van der Waals surface area contributed by atoms with Crippen molar-refractivity contribution >= 4 is 11.8 Å². The van der Waals surface area contributed by atoms with Crippen LogP contribution in [0.15, 0.2) is 0 Å². The zero-order chi connectivity index (χ0) is 13.7. The molecule has 1 saturated heterocycles. The Morgan fingerprint density at radius 3 is 2.39 bits per heavy atom. The summed E-state index contributed by atoms with van der Waals surface area (Å²) in [6.07, 6.45) is 2.19. The lowest BCUT2D eigenvalue weighted by atomic mass is 10.0. The number of rotatable bonds is 5.